The first-order valence-electron chi connectivity index (χ1n) is 13.8. The molecule has 0 aromatic heterocycles. The summed E-state index contributed by atoms with van der Waals surface area (Å²) in [6.07, 6.45) is -2.33. The molecule has 0 aliphatic rings. The fraction of sp³-hybridized carbons (Fsp3) is 0.667. The molecule has 0 fully saturated rings. The lowest BCUT2D eigenvalue weighted by Gasteiger charge is -2.25. The van der Waals surface area contributed by atoms with Crippen molar-refractivity contribution in [1.82, 2.24) is 0 Å². The molecule has 1 aromatic rings. The summed E-state index contributed by atoms with van der Waals surface area (Å²) in [5.74, 6) is -1.35. The highest BCUT2D eigenvalue weighted by atomic mass is 16.8. The van der Waals surface area contributed by atoms with Crippen molar-refractivity contribution in [3.05, 3.63) is 23.8 Å². The molecule has 0 aliphatic carbocycles. The molecule has 1 rings (SSSR count). The van der Waals surface area contributed by atoms with Crippen LogP contribution >= 0.6 is 0 Å². The Bertz CT molecular complexity index is 1070. The van der Waals surface area contributed by atoms with Crippen molar-refractivity contribution in [3.63, 3.8) is 0 Å². The first kappa shape index (κ1) is 35.7. The molecular weight excluding hydrogens is 534 g/mol. The van der Waals surface area contributed by atoms with Crippen molar-refractivity contribution < 1.29 is 47.6 Å². The van der Waals surface area contributed by atoms with Crippen molar-refractivity contribution >= 4 is 24.2 Å². The molecule has 0 spiro atoms. The van der Waals surface area contributed by atoms with Crippen LogP contribution in [0.1, 0.15) is 94.6 Å². The first-order chi connectivity index (χ1) is 18.7. The number of hydrogen-bond donors (Lipinski definition) is 1. The van der Waals surface area contributed by atoms with Crippen LogP contribution in [0.4, 0.5) is 9.59 Å². The van der Waals surface area contributed by atoms with Gasteiger partial charge in [0.1, 0.15) is 29.5 Å². The Morgan fingerprint density at radius 2 is 1.22 bits per heavy atom. The van der Waals surface area contributed by atoms with Gasteiger partial charge in [-0.15, -0.1) is 0 Å². The average molecular weight is 582 g/mol. The van der Waals surface area contributed by atoms with Gasteiger partial charge in [0.15, 0.2) is 11.5 Å². The van der Waals surface area contributed by atoms with Crippen LogP contribution in [0.3, 0.4) is 0 Å². The molecule has 1 aromatic carbocycles. The van der Waals surface area contributed by atoms with Gasteiger partial charge in [0.25, 0.3) is 0 Å². The summed E-state index contributed by atoms with van der Waals surface area (Å²) in [7, 11) is 0. The summed E-state index contributed by atoms with van der Waals surface area (Å²) in [5.41, 5.74) is 4.33. The number of hydrogen-bond acceptors (Lipinski definition) is 11. The van der Waals surface area contributed by atoms with E-state index in [2.05, 4.69) is 0 Å². The monoisotopic (exact) mass is 581 g/mol. The maximum atomic E-state index is 12.7. The van der Waals surface area contributed by atoms with E-state index in [1.54, 1.807) is 68.4 Å². The van der Waals surface area contributed by atoms with E-state index < -0.39 is 59.1 Å². The summed E-state index contributed by atoms with van der Waals surface area (Å²) in [4.78, 5) is 49.8. The third kappa shape index (κ3) is 12.4. The van der Waals surface area contributed by atoms with Gasteiger partial charge in [-0.3, -0.25) is 9.59 Å². The molecule has 2 N–H and O–H groups in total. The second kappa shape index (κ2) is 14.5. The van der Waals surface area contributed by atoms with Gasteiger partial charge in [-0.25, -0.2) is 9.59 Å². The van der Waals surface area contributed by atoms with Gasteiger partial charge < -0.3 is 34.2 Å². The molecule has 0 saturated carbocycles. The van der Waals surface area contributed by atoms with Gasteiger partial charge in [0.05, 0.1) is 5.41 Å². The standard InChI is InChI=1S/C30H47NO10/c1-12-29(8,9)40-26(34)38-22-15-14-20(17-23(22)39-27(35)41-30(10,11)13-2)16-21(31)24(32)36-18(3)19(4)37-25(33)28(5,6)7/h14-15,17-19,21H,12-13,16,31H2,1-11H3/t18-,19?,21-/m0/s1. The molecule has 11 nitrogen and oxygen atoms in total. The highest BCUT2D eigenvalue weighted by Gasteiger charge is 2.30. The van der Waals surface area contributed by atoms with E-state index in [1.165, 1.54) is 12.1 Å². The van der Waals surface area contributed by atoms with Crippen LogP contribution in [0.25, 0.3) is 0 Å². The van der Waals surface area contributed by atoms with Crippen molar-refractivity contribution in [3.8, 4) is 11.5 Å². The lowest BCUT2D eigenvalue weighted by Crippen LogP contribution is -2.40. The van der Waals surface area contributed by atoms with Crippen molar-refractivity contribution in [1.29, 1.82) is 0 Å². The Balaban J connectivity index is 3.07. The van der Waals surface area contributed by atoms with Gasteiger partial charge in [0.2, 0.25) is 0 Å². The predicted molar refractivity (Wildman–Crippen MR) is 152 cm³/mol. The van der Waals surface area contributed by atoms with Crippen LogP contribution in [0, 0.1) is 5.41 Å². The van der Waals surface area contributed by atoms with E-state index in [0.717, 1.165) is 0 Å². The molecule has 0 amide bonds. The molecule has 0 saturated heterocycles. The fourth-order valence-corrected chi connectivity index (χ4v) is 2.81. The highest BCUT2D eigenvalue weighted by molar-refractivity contribution is 5.77. The molecule has 3 atom stereocenters. The number of carbonyl (C=O) groups is 4. The molecule has 1 unspecified atom stereocenters. The predicted octanol–water partition coefficient (Wildman–Crippen LogP) is 5.87. The summed E-state index contributed by atoms with van der Waals surface area (Å²) in [6.45, 7) is 19.0. The Hall–Kier alpha value is -3.34. The molecular formula is C30H47NO10. The molecule has 11 heteroatoms. The summed E-state index contributed by atoms with van der Waals surface area (Å²) >= 11 is 0. The van der Waals surface area contributed by atoms with E-state index in [1.807, 2.05) is 13.8 Å². The minimum atomic E-state index is -1.09. The first-order valence-corrected chi connectivity index (χ1v) is 13.8. The third-order valence-electron chi connectivity index (χ3n) is 6.44. The van der Waals surface area contributed by atoms with E-state index in [0.29, 0.717) is 18.4 Å². The Kier molecular flexibility index (Phi) is 12.6. The minimum Gasteiger partial charge on any atom is -0.458 e. The molecule has 0 radical (unpaired) electrons. The third-order valence-corrected chi connectivity index (χ3v) is 6.44. The average Bonchev–Trinajstić information content (AvgIpc) is 2.84. The van der Waals surface area contributed by atoms with Crippen LogP contribution in [0.15, 0.2) is 18.2 Å². The summed E-state index contributed by atoms with van der Waals surface area (Å²) < 4.78 is 32.2. The van der Waals surface area contributed by atoms with Crippen LogP contribution < -0.4 is 15.2 Å². The van der Waals surface area contributed by atoms with Gasteiger partial charge in [-0.2, -0.15) is 0 Å². The fourth-order valence-electron chi connectivity index (χ4n) is 2.81. The molecule has 0 bridgehead atoms. The zero-order valence-corrected chi connectivity index (χ0v) is 26.2. The number of nitrogens with two attached hydrogens (primary N) is 1. The Labute approximate surface area is 243 Å². The zero-order chi connectivity index (χ0) is 31.8. The minimum absolute atomic E-state index is 0.00116. The Morgan fingerprint density at radius 3 is 1.68 bits per heavy atom. The highest BCUT2D eigenvalue weighted by Crippen LogP contribution is 2.31. The van der Waals surface area contributed by atoms with Gasteiger partial charge in [-0.1, -0.05) is 19.9 Å². The van der Waals surface area contributed by atoms with E-state index in [-0.39, 0.29) is 17.9 Å². The quantitative estimate of drug-likeness (QED) is 0.179. The SMILES string of the molecule is CCC(C)(C)OC(=O)Oc1ccc(C[C@H](N)C(=O)O[C@@H](C)C(C)OC(=O)C(C)(C)C)cc1OC(=O)OC(C)(C)CC. The normalized spacial score (nSPS) is 14.2. The van der Waals surface area contributed by atoms with Gasteiger partial charge in [-0.05, 0) is 99.3 Å². The lowest BCUT2D eigenvalue weighted by molar-refractivity contribution is -0.171. The topological polar surface area (TPSA) is 150 Å². The van der Waals surface area contributed by atoms with E-state index >= 15 is 0 Å². The molecule has 41 heavy (non-hydrogen) atoms. The van der Waals surface area contributed by atoms with Gasteiger partial charge >= 0.3 is 24.2 Å². The molecule has 232 valence electrons. The number of esters is 2. The lowest BCUT2D eigenvalue weighted by atomic mass is 9.97. The molecule has 0 aliphatic heterocycles. The summed E-state index contributed by atoms with van der Waals surface area (Å²) in [5, 5.41) is 0. The largest absolute Gasteiger partial charge is 0.514 e. The molecule has 0 heterocycles. The van der Waals surface area contributed by atoms with Crippen molar-refractivity contribution in [2.24, 2.45) is 11.1 Å². The zero-order valence-electron chi connectivity index (χ0n) is 26.2. The van der Waals surface area contributed by atoms with E-state index in [9.17, 15) is 19.2 Å². The maximum absolute atomic E-state index is 12.7. The van der Waals surface area contributed by atoms with Crippen molar-refractivity contribution in [2.45, 2.75) is 125 Å². The smallest absolute Gasteiger partial charge is 0.458 e. The van der Waals surface area contributed by atoms with E-state index in [4.69, 9.17) is 34.2 Å². The maximum Gasteiger partial charge on any atom is 0.514 e. The van der Waals surface area contributed by atoms with Gasteiger partial charge in [0, 0.05) is 0 Å². The van der Waals surface area contributed by atoms with Crippen LogP contribution in [-0.4, -0.2) is 53.7 Å². The second-order valence-electron chi connectivity index (χ2n) is 12.2. The van der Waals surface area contributed by atoms with Crippen LogP contribution in [0.2, 0.25) is 0 Å². The Morgan fingerprint density at radius 1 is 0.756 bits per heavy atom. The number of rotatable bonds is 12. The van der Waals surface area contributed by atoms with Crippen LogP contribution in [0.5, 0.6) is 11.5 Å². The van der Waals surface area contributed by atoms with Crippen molar-refractivity contribution in [2.75, 3.05) is 0 Å². The van der Waals surface area contributed by atoms with Crippen LogP contribution in [-0.2, 0) is 35.0 Å². The number of carbonyl (C=O) groups excluding carboxylic acids is 4. The summed E-state index contributed by atoms with van der Waals surface area (Å²) in [6, 6.07) is 3.28. The number of benzene rings is 1. The second-order valence-corrected chi connectivity index (χ2v) is 12.2. The number of ether oxygens (including phenoxy) is 6.